The molecule has 0 N–H and O–H groups in total. The van der Waals surface area contributed by atoms with Crippen molar-refractivity contribution < 1.29 is 28.7 Å². The summed E-state index contributed by atoms with van der Waals surface area (Å²) in [5, 5.41) is 10.9. The van der Waals surface area contributed by atoms with Crippen LogP contribution < -0.4 is 9.47 Å². The van der Waals surface area contributed by atoms with Crippen molar-refractivity contribution in [2.75, 3.05) is 20.3 Å². The number of alkyl halides is 3. The summed E-state index contributed by atoms with van der Waals surface area (Å²) in [5.41, 5.74) is -0.606. The Morgan fingerprint density at radius 1 is 1.33 bits per heavy atom. The molecule has 11 heteroatoms. The maximum atomic E-state index is 11.4. The van der Waals surface area contributed by atoms with Gasteiger partial charge in [0.05, 0.1) is 36.7 Å². The third kappa shape index (κ3) is 6.38. The second-order valence-electron chi connectivity index (χ2n) is 4.31. The van der Waals surface area contributed by atoms with Crippen LogP contribution in [-0.2, 0) is 9.53 Å². The molecule has 0 fully saturated rings. The number of hydrogen-bond donors (Lipinski definition) is 0. The number of nitrogens with zero attached hydrogens (tertiary/aromatic N) is 1. The van der Waals surface area contributed by atoms with Crippen molar-refractivity contribution in [3.8, 4) is 11.5 Å². The van der Waals surface area contributed by atoms with Crippen molar-refractivity contribution in [1.29, 1.82) is 0 Å². The van der Waals surface area contributed by atoms with E-state index in [1.165, 1.54) is 13.2 Å². The van der Waals surface area contributed by atoms with Crippen molar-refractivity contribution in [3.63, 3.8) is 0 Å². The van der Waals surface area contributed by atoms with Crippen LogP contribution in [0, 0.1) is 10.1 Å². The highest BCUT2D eigenvalue weighted by Gasteiger charge is 2.22. The molecule has 1 aromatic carbocycles. The van der Waals surface area contributed by atoms with Gasteiger partial charge >= 0.3 is 5.97 Å². The van der Waals surface area contributed by atoms with Gasteiger partial charge in [0.25, 0.3) is 5.69 Å². The van der Waals surface area contributed by atoms with E-state index in [0.29, 0.717) is 6.29 Å². The molecule has 1 aromatic rings. The number of esters is 1. The maximum absolute atomic E-state index is 11.4. The summed E-state index contributed by atoms with van der Waals surface area (Å²) in [6.07, 6.45) is 0.144. The lowest BCUT2D eigenvalue weighted by Gasteiger charge is -2.13. The topological polar surface area (TPSA) is 105 Å². The van der Waals surface area contributed by atoms with Crippen LogP contribution in [0.2, 0.25) is 0 Å². The minimum Gasteiger partial charge on any atom is -0.493 e. The Hall–Kier alpha value is -1.77. The molecule has 0 aromatic heterocycles. The third-order valence-corrected chi connectivity index (χ3v) is 2.92. The fourth-order valence-corrected chi connectivity index (χ4v) is 1.73. The SMILES string of the molecule is COc1cc(C=O)c([N+](=O)[O-])cc1OCCC(=O)OCC(Cl)(Cl)Cl. The molecule has 0 aliphatic carbocycles. The van der Waals surface area contributed by atoms with Gasteiger partial charge in [-0.3, -0.25) is 19.7 Å². The number of benzene rings is 1. The number of nitro groups is 1. The van der Waals surface area contributed by atoms with Gasteiger partial charge in [-0.2, -0.15) is 0 Å². The molecule has 0 unspecified atom stereocenters. The van der Waals surface area contributed by atoms with Crippen LogP contribution in [0.1, 0.15) is 16.8 Å². The lowest BCUT2D eigenvalue weighted by molar-refractivity contribution is -0.385. The first-order chi connectivity index (χ1) is 11.2. The first-order valence-corrected chi connectivity index (χ1v) is 7.48. The number of methoxy groups -OCH3 is 1. The fraction of sp³-hybridized carbons (Fsp3) is 0.385. The zero-order valence-electron chi connectivity index (χ0n) is 12.3. The Morgan fingerprint density at radius 2 is 2.00 bits per heavy atom. The molecule has 24 heavy (non-hydrogen) atoms. The minimum atomic E-state index is -1.72. The van der Waals surface area contributed by atoms with Gasteiger partial charge in [0.15, 0.2) is 17.8 Å². The molecule has 0 aliphatic rings. The van der Waals surface area contributed by atoms with Gasteiger partial charge in [-0.1, -0.05) is 34.8 Å². The highest BCUT2D eigenvalue weighted by atomic mass is 35.6. The van der Waals surface area contributed by atoms with Crippen molar-refractivity contribution in [2.45, 2.75) is 10.2 Å². The highest BCUT2D eigenvalue weighted by Crippen LogP contribution is 2.34. The normalized spacial score (nSPS) is 10.8. The molecule has 0 saturated carbocycles. The van der Waals surface area contributed by atoms with E-state index in [9.17, 15) is 19.7 Å². The van der Waals surface area contributed by atoms with E-state index in [1.54, 1.807) is 0 Å². The van der Waals surface area contributed by atoms with E-state index in [4.69, 9.17) is 49.0 Å². The third-order valence-electron chi connectivity index (χ3n) is 2.60. The van der Waals surface area contributed by atoms with Crippen LogP contribution in [-0.4, -0.2) is 41.3 Å². The van der Waals surface area contributed by atoms with Crippen LogP contribution in [0.4, 0.5) is 5.69 Å². The van der Waals surface area contributed by atoms with E-state index >= 15 is 0 Å². The predicted molar refractivity (Wildman–Crippen MR) is 86.4 cm³/mol. The van der Waals surface area contributed by atoms with E-state index in [-0.39, 0.29) is 30.1 Å². The van der Waals surface area contributed by atoms with Gasteiger partial charge < -0.3 is 14.2 Å². The van der Waals surface area contributed by atoms with Crippen molar-refractivity contribution in [2.24, 2.45) is 0 Å². The standard InChI is InChI=1S/C13H12Cl3NO7/c1-22-10-4-8(6-18)9(17(20)21)5-11(10)23-3-2-12(19)24-7-13(14,15)16/h4-6H,2-3,7H2,1H3. The van der Waals surface area contributed by atoms with Crippen LogP contribution in [0.25, 0.3) is 0 Å². The Morgan fingerprint density at radius 3 is 2.50 bits per heavy atom. The van der Waals surface area contributed by atoms with Crippen LogP contribution in [0.5, 0.6) is 11.5 Å². The summed E-state index contributed by atoms with van der Waals surface area (Å²) in [6, 6.07) is 2.21. The molecule has 132 valence electrons. The molecule has 0 atom stereocenters. The molecule has 1 rings (SSSR count). The zero-order chi connectivity index (χ0) is 18.3. The molecule has 8 nitrogen and oxygen atoms in total. The molecule has 0 radical (unpaired) electrons. The first kappa shape index (κ1) is 20.3. The summed E-state index contributed by atoms with van der Waals surface area (Å²) < 4.78 is 13.3. The molecule has 0 saturated heterocycles. The Labute approximate surface area is 151 Å². The highest BCUT2D eigenvalue weighted by molar-refractivity contribution is 6.67. The average Bonchev–Trinajstić information content (AvgIpc) is 2.51. The van der Waals surface area contributed by atoms with Gasteiger partial charge in [-0.25, -0.2) is 0 Å². The first-order valence-electron chi connectivity index (χ1n) is 6.34. The molecule has 0 spiro atoms. The molecule has 0 bridgehead atoms. The van der Waals surface area contributed by atoms with Gasteiger partial charge in [-0.05, 0) is 0 Å². The molecular formula is C13H12Cl3NO7. The number of carbonyl (C=O) groups is 2. The number of carbonyl (C=O) groups excluding carboxylic acids is 2. The lowest BCUT2D eigenvalue weighted by Crippen LogP contribution is -2.18. The molecule has 0 heterocycles. The van der Waals surface area contributed by atoms with Crippen LogP contribution in [0.15, 0.2) is 12.1 Å². The van der Waals surface area contributed by atoms with E-state index < -0.39 is 27.0 Å². The fourth-order valence-electron chi connectivity index (χ4n) is 1.57. The van der Waals surface area contributed by atoms with Crippen LogP contribution in [0.3, 0.4) is 0 Å². The minimum absolute atomic E-state index is 0.00368. The number of aldehydes is 1. The quantitative estimate of drug-likeness (QED) is 0.217. The van der Waals surface area contributed by atoms with Gasteiger partial charge in [0, 0.05) is 6.07 Å². The van der Waals surface area contributed by atoms with E-state index in [0.717, 1.165) is 6.07 Å². The maximum Gasteiger partial charge on any atom is 0.309 e. The smallest absolute Gasteiger partial charge is 0.309 e. The second-order valence-corrected chi connectivity index (χ2v) is 6.83. The van der Waals surface area contributed by atoms with E-state index in [1.807, 2.05) is 0 Å². The molecule has 0 aliphatic heterocycles. The van der Waals surface area contributed by atoms with Crippen molar-refractivity contribution in [3.05, 3.63) is 27.8 Å². The predicted octanol–water partition coefficient (Wildman–Crippen LogP) is 3.10. The Balaban J connectivity index is 2.73. The number of nitro benzene ring substituents is 1. The molecule has 0 amide bonds. The summed E-state index contributed by atoms with van der Waals surface area (Å²) in [4.78, 5) is 32.5. The molecular weight excluding hydrogens is 389 g/mol. The van der Waals surface area contributed by atoms with Crippen LogP contribution >= 0.6 is 34.8 Å². The monoisotopic (exact) mass is 399 g/mol. The Bertz CT molecular complexity index is 631. The summed E-state index contributed by atoms with van der Waals surface area (Å²) in [7, 11) is 1.30. The Kier molecular flexibility index (Phi) is 7.53. The number of hydrogen-bond acceptors (Lipinski definition) is 7. The summed E-state index contributed by atoms with van der Waals surface area (Å²) in [5.74, 6) is -0.569. The van der Waals surface area contributed by atoms with Gasteiger partial charge in [0.1, 0.15) is 6.61 Å². The second kappa shape index (κ2) is 8.91. The largest absolute Gasteiger partial charge is 0.493 e. The number of ether oxygens (including phenoxy) is 3. The number of rotatable bonds is 8. The average molecular weight is 401 g/mol. The van der Waals surface area contributed by atoms with Gasteiger partial charge in [-0.15, -0.1) is 0 Å². The summed E-state index contributed by atoms with van der Waals surface area (Å²) in [6.45, 7) is -0.577. The lowest BCUT2D eigenvalue weighted by atomic mass is 10.1. The van der Waals surface area contributed by atoms with Crippen molar-refractivity contribution in [1.82, 2.24) is 0 Å². The number of halogens is 3. The van der Waals surface area contributed by atoms with Crippen molar-refractivity contribution >= 4 is 52.7 Å². The van der Waals surface area contributed by atoms with E-state index in [2.05, 4.69) is 0 Å². The zero-order valence-corrected chi connectivity index (χ0v) is 14.6. The summed E-state index contributed by atoms with van der Waals surface area (Å²) >= 11 is 16.3. The van der Waals surface area contributed by atoms with Gasteiger partial charge in [0.2, 0.25) is 3.79 Å².